The molecule has 0 aromatic heterocycles. The number of amides is 1. The van der Waals surface area contributed by atoms with Crippen molar-refractivity contribution in [1.82, 2.24) is 5.32 Å². The molecule has 0 radical (unpaired) electrons. The van der Waals surface area contributed by atoms with E-state index >= 15 is 0 Å². The molecule has 1 aromatic rings. The minimum absolute atomic E-state index is 0.319. The molecule has 2 rings (SSSR count). The lowest BCUT2D eigenvalue weighted by Gasteiger charge is -2.29. The maximum atomic E-state index is 12.3. The van der Waals surface area contributed by atoms with Crippen LogP contribution in [0.2, 0.25) is 5.02 Å². The van der Waals surface area contributed by atoms with Gasteiger partial charge in [0.25, 0.3) is 5.91 Å². The van der Waals surface area contributed by atoms with Crippen LogP contribution in [0.1, 0.15) is 48.9 Å². The van der Waals surface area contributed by atoms with Crippen LogP contribution in [0.4, 0.5) is 0 Å². The molecule has 4 nitrogen and oxygen atoms in total. The standard InChI is InChI=1S/C15H18ClNO3/c16-12-8-4-3-7-11(12)13(18)17-15(14(19)20)9-5-1-2-6-10-15/h3-4,7-8H,1-2,5-6,9-10H2,(H,17,18)(H,19,20). The number of halogens is 1. The highest BCUT2D eigenvalue weighted by atomic mass is 35.5. The summed E-state index contributed by atoms with van der Waals surface area (Å²) in [5, 5.41) is 12.6. The van der Waals surface area contributed by atoms with Crippen LogP contribution in [0.3, 0.4) is 0 Å². The number of hydrogen-bond donors (Lipinski definition) is 2. The Morgan fingerprint density at radius 3 is 2.25 bits per heavy atom. The molecule has 0 saturated heterocycles. The van der Waals surface area contributed by atoms with Gasteiger partial charge in [-0.3, -0.25) is 4.79 Å². The summed E-state index contributed by atoms with van der Waals surface area (Å²) >= 11 is 5.99. The average Bonchev–Trinajstić information content (AvgIpc) is 2.65. The SMILES string of the molecule is O=C(NC1(C(=O)O)CCCCCC1)c1ccccc1Cl. The Kier molecular flexibility index (Phi) is 4.65. The zero-order chi connectivity index (χ0) is 14.6. The van der Waals surface area contributed by atoms with Crippen molar-refractivity contribution in [3.8, 4) is 0 Å². The number of nitrogens with one attached hydrogen (secondary N) is 1. The van der Waals surface area contributed by atoms with Gasteiger partial charge < -0.3 is 10.4 Å². The third kappa shape index (κ3) is 3.12. The second kappa shape index (κ2) is 6.27. The molecule has 1 aliphatic carbocycles. The van der Waals surface area contributed by atoms with Gasteiger partial charge in [0.15, 0.2) is 0 Å². The van der Waals surface area contributed by atoms with E-state index in [4.69, 9.17) is 11.6 Å². The summed E-state index contributed by atoms with van der Waals surface area (Å²) in [5.41, 5.74) is -0.841. The number of carboxylic acid groups (broad SMARTS) is 1. The molecule has 1 fully saturated rings. The van der Waals surface area contributed by atoms with Gasteiger partial charge in [-0.25, -0.2) is 4.79 Å². The van der Waals surface area contributed by atoms with E-state index in [1.807, 2.05) is 0 Å². The Morgan fingerprint density at radius 1 is 1.10 bits per heavy atom. The first-order chi connectivity index (χ1) is 9.55. The van der Waals surface area contributed by atoms with Gasteiger partial charge >= 0.3 is 5.97 Å². The Balaban J connectivity index is 2.22. The summed E-state index contributed by atoms with van der Waals surface area (Å²) in [6.07, 6.45) is 4.59. The molecule has 0 unspecified atom stereocenters. The molecule has 1 aliphatic rings. The van der Waals surface area contributed by atoms with Gasteiger partial charge in [0.2, 0.25) is 0 Å². The minimum Gasteiger partial charge on any atom is -0.480 e. The third-order valence-corrected chi connectivity index (χ3v) is 4.17. The lowest BCUT2D eigenvalue weighted by atomic mass is 9.90. The number of carboxylic acids is 1. The number of benzene rings is 1. The van der Waals surface area contributed by atoms with Gasteiger partial charge in [0, 0.05) is 0 Å². The van der Waals surface area contributed by atoms with Crippen molar-refractivity contribution in [2.45, 2.75) is 44.1 Å². The molecule has 20 heavy (non-hydrogen) atoms. The maximum absolute atomic E-state index is 12.3. The second-order valence-electron chi connectivity index (χ2n) is 5.24. The number of carbonyl (C=O) groups is 2. The van der Waals surface area contributed by atoms with Crippen molar-refractivity contribution < 1.29 is 14.7 Å². The summed E-state index contributed by atoms with van der Waals surface area (Å²) < 4.78 is 0. The zero-order valence-electron chi connectivity index (χ0n) is 11.2. The van der Waals surface area contributed by atoms with E-state index in [9.17, 15) is 14.7 Å². The summed E-state index contributed by atoms with van der Waals surface area (Å²) in [5.74, 6) is -1.38. The van der Waals surface area contributed by atoms with E-state index in [0.29, 0.717) is 23.4 Å². The van der Waals surface area contributed by atoms with E-state index in [0.717, 1.165) is 25.7 Å². The molecular formula is C15H18ClNO3. The fourth-order valence-corrected chi connectivity index (χ4v) is 2.88. The van der Waals surface area contributed by atoms with Crippen LogP contribution in [-0.4, -0.2) is 22.5 Å². The summed E-state index contributed by atoms with van der Waals surface area (Å²) in [6.45, 7) is 0. The van der Waals surface area contributed by atoms with Gasteiger partial charge in [0.05, 0.1) is 10.6 Å². The second-order valence-corrected chi connectivity index (χ2v) is 5.64. The zero-order valence-corrected chi connectivity index (χ0v) is 11.9. The van der Waals surface area contributed by atoms with Crippen LogP contribution >= 0.6 is 11.6 Å². The first-order valence-electron chi connectivity index (χ1n) is 6.86. The van der Waals surface area contributed by atoms with Gasteiger partial charge in [-0.2, -0.15) is 0 Å². The first-order valence-corrected chi connectivity index (χ1v) is 7.23. The number of carbonyl (C=O) groups excluding carboxylic acids is 1. The molecule has 1 aromatic carbocycles. The van der Waals surface area contributed by atoms with Crippen molar-refractivity contribution in [2.75, 3.05) is 0 Å². The van der Waals surface area contributed by atoms with E-state index in [1.54, 1.807) is 24.3 Å². The molecule has 0 aliphatic heterocycles. The minimum atomic E-state index is -1.16. The van der Waals surface area contributed by atoms with Gasteiger partial charge in [-0.15, -0.1) is 0 Å². The molecule has 1 amide bonds. The Hall–Kier alpha value is -1.55. The largest absolute Gasteiger partial charge is 0.480 e. The highest BCUT2D eigenvalue weighted by Crippen LogP contribution is 2.28. The number of aliphatic carboxylic acids is 1. The number of hydrogen-bond acceptors (Lipinski definition) is 2. The molecule has 2 N–H and O–H groups in total. The molecule has 1 saturated carbocycles. The predicted molar refractivity (Wildman–Crippen MR) is 77.0 cm³/mol. The third-order valence-electron chi connectivity index (χ3n) is 3.84. The predicted octanol–water partition coefficient (Wildman–Crippen LogP) is 3.25. The van der Waals surface area contributed by atoms with Crippen molar-refractivity contribution >= 4 is 23.5 Å². The summed E-state index contributed by atoms with van der Waals surface area (Å²) in [4.78, 5) is 23.9. The average molecular weight is 296 g/mol. The molecule has 0 atom stereocenters. The Bertz CT molecular complexity index is 508. The fraction of sp³-hybridized carbons (Fsp3) is 0.467. The van der Waals surface area contributed by atoms with Crippen molar-refractivity contribution in [3.05, 3.63) is 34.9 Å². The van der Waals surface area contributed by atoms with Crippen molar-refractivity contribution in [3.63, 3.8) is 0 Å². The molecule has 0 spiro atoms. The summed E-state index contributed by atoms with van der Waals surface area (Å²) in [6, 6.07) is 6.67. The topological polar surface area (TPSA) is 66.4 Å². The molecule has 5 heteroatoms. The van der Waals surface area contributed by atoms with Crippen LogP contribution in [-0.2, 0) is 4.79 Å². The lowest BCUT2D eigenvalue weighted by Crippen LogP contribution is -2.54. The van der Waals surface area contributed by atoms with E-state index < -0.39 is 17.4 Å². The van der Waals surface area contributed by atoms with E-state index in [-0.39, 0.29) is 0 Å². The smallest absolute Gasteiger partial charge is 0.329 e. The van der Waals surface area contributed by atoms with Crippen molar-refractivity contribution in [1.29, 1.82) is 0 Å². The molecule has 108 valence electrons. The van der Waals surface area contributed by atoms with Gasteiger partial charge in [0.1, 0.15) is 5.54 Å². The fourth-order valence-electron chi connectivity index (χ4n) is 2.65. The normalized spacial score (nSPS) is 18.1. The monoisotopic (exact) mass is 295 g/mol. The maximum Gasteiger partial charge on any atom is 0.329 e. The summed E-state index contributed by atoms with van der Waals surface area (Å²) in [7, 11) is 0. The molecule has 0 heterocycles. The van der Waals surface area contributed by atoms with Crippen LogP contribution < -0.4 is 5.32 Å². The highest BCUT2D eigenvalue weighted by Gasteiger charge is 2.40. The Morgan fingerprint density at radius 2 is 1.70 bits per heavy atom. The van der Waals surface area contributed by atoms with Crippen LogP contribution in [0, 0.1) is 0 Å². The van der Waals surface area contributed by atoms with Crippen LogP contribution in [0.5, 0.6) is 0 Å². The van der Waals surface area contributed by atoms with E-state index in [2.05, 4.69) is 5.32 Å². The quantitative estimate of drug-likeness (QED) is 0.841. The van der Waals surface area contributed by atoms with Gasteiger partial charge in [-0.05, 0) is 25.0 Å². The lowest BCUT2D eigenvalue weighted by molar-refractivity contribution is -0.145. The van der Waals surface area contributed by atoms with Gasteiger partial charge in [-0.1, -0.05) is 49.4 Å². The molecular weight excluding hydrogens is 278 g/mol. The number of rotatable bonds is 3. The highest BCUT2D eigenvalue weighted by molar-refractivity contribution is 6.33. The molecule has 0 bridgehead atoms. The Labute approximate surface area is 123 Å². The first kappa shape index (κ1) is 14.9. The van der Waals surface area contributed by atoms with Crippen LogP contribution in [0.15, 0.2) is 24.3 Å². The van der Waals surface area contributed by atoms with Crippen molar-refractivity contribution in [2.24, 2.45) is 0 Å². The van der Waals surface area contributed by atoms with E-state index in [1.165, 1.54) is 0 Å². The van der Waals surface area contributed by atoms with Crippen LogP contribution in [0.25, 0.3) is 0 Å².